The molecule has 0 radical (unpaired) electrons. The number of ether oxygens (including phenoxy) is 1. The van der Waals surface area contributed by atoms with E-state index in [9.17, 15) is 4.79 Å². The minimum Gasteiger partial charge on any atom is -0.378 e. The van der Waals surface area contributed by atoms with Crippen LogP contribution in [0.3, 0.4) is 0 Å². The lowest BCUT2D eigenvalue weighted by Crippen LogP contribution is -2.44. The van der Waals surface area contributed by atoms with Crippen LogP contribution in [0, 0.1) is 6.92 Å². The lowest BCUT2D eigenvalue weighted by atomic mass is 10.2. The van der Waals surface area contributed by atoms with Crippen LogP contribution in [0.4, 0.5) is 5.69 Å². The van der Waals surface area contributed by atoms with E-state index in [1.807, 2.05) is 36.1 Å². The van der Waals surface area contributed by atoms with Crippen molar-refractivity contribution in [2.45, 2.75) is 6.92 Å². The van der Waals surface area contributed by atoms with Crippen LogP contribution in [-0.2, 0) is 9.53 Å². The standard InChI is InChI=1S/C13H16N2O2S/c1-10-3-2-4-11(9-10)14-12(16)13(18)15-5-7-17-8-6-15/h2-4,9H,5-8H2,1H3,(H,14,16). The first-order valence-electron chi connectivity index (χ1n) is 5.91. The van der Waals surface area contributed by atoms with E-state index in [4.69, 9.17) is 17.0 Å². The number of hydrogen-bond donors (Lipinski definition) is 1. The highest BCUT2D eigenvalue weighted by molar-refractivity contribution is 7.82. The van der Waals surface area contributed by atoms with Gasteiger partial charge in [-0.3, -0.25) is 4.79 Å². The third-order valence-corrected chi connectivity index (χ3v) is 3.21. The van der Waals surface area contributed by atoms with Gasteiger partial charge in [0.25, 0.3) is 5.91 Å². The number of amides is 1. The molecule has 1 amide bonds. The summed E-state index contributed by atoms with van der Waals surface area (Å²) < 4.78 is 5.23. The fraction of sp³-hybridized carbons (Fsp3) is 0.385. The number of rotatable bonds is 1. The van der Waals surface area contributed by atoms with Gasteiger partial charge in [-0.15, -0.1) is 0 Å². The number of anilines is 1. The molecular weight excluding hydrogens is 248 g/mol. The van der Waals surface area contributed by atoms with E-state index < -0.39 is 0 Å². The zero-order valence-corrected chi connectivity index (χ0v) is 11.1. The molecule has 1 aromatic carbocycles. The van der Waals surface area contributed by atoms with Gasteiger partial charge in [-0.25, -0.2) is 0 Å². The van der Waals surface area contributed by atoms with Crippen molar-refractivity contribution in [2.75, 3.05) is 31.6 Å². The van der Waals surface area contributed by atoms with Crippen molar-refractivity contribution in [3.8, 4) is 0 Å². The monoisotopic (exact) mass is 264 g/mol. The number of hydrogen-bond acceptors (Lipinski definition) is 3. The van der Waals surface area contributed by atoms with E-state index in [1.54, 1.807) is 0 Å². The second-order valence-electron chi connectivity index (χ2n) is 4.23. The predicted molar refractivity (Wildman–Crippen MR) is 74.8 cm³/mol. The van der Waals surface area contributed by atoms with Gasteiger partial charge in [0.2, 0.25) is 0 Å². The van der Waals surface area contributed by atoms with Crippen molar-refractivity contribution in [1.82, 2.24) is 4.90 Å². The normalized spacial score (nSPS) is 15.3. The quantitative estimate of drug-likeness (QED) is 0.782. The van der Waals surface area contributed by atoms with Crippen LogP contribution in [0.2, 0.25) is 0 Å². The summed E-state index contributed by atoms with van der Waals surface area (Å²) >= 11 is 5.19. The number of thiocarbonyl (C=S) groups is 1. The van der Waals surface area contributed by atoms with Gasteiger partial charge < -0.3 is 15.0 Å². The molecule has 1 aliphatic rings. The first-order chi connectivity index (χ1) is 8.66. The Morgan fingerprint density at radius 1 is 1.39 bits per heavy atom. The van der Waals surface area contributed by atoms with Gasteiger partial charge in [-0.05, 0) is 24.6 Å². The molecule has 96 valence electrons. The number of benzene rings is 1. The van der Waals surface area contributed by atoms with Crippen molar-refractivity contribution >= 4 is 28.8 Å². The number of morpholine rings is 1. The molecule has 0 atom stereocenters. The Hall–Kier alpha value is -1.46. The van der Waals surface area contributed by atoms with Crippen LogP contribution in [-0.4, -0.2) is 42.1 Å². The molecule has 1 N–H and O–H groups in total. The van der Waals surface area contributed by atoms with Crippen molar-refractivity contribution in [3.05, 3.63) is 29.8 Å². The van der Waals surface area contributed by atoms with Gasteiger partial charge in [-0.1, -0.05) is 24.4 Å². The maximum atomic E-state index is 12.0. The van der Waals surface area contributed by atoms with Gasteiger partial charge >= 0.3 is 0 Å². The van der Waals surface area contributed by atoms with Gasteiger partial charge in [0.15, 0.2) is 4.99 Å². The lowest BCUT2D eigenvalue weighted by molar-refractivity contribution is -0.111. The molecular formula is C13H16N2O2S. The third kappa shape index (κ3) is 3.27. The highest BCUT2D eigenvalue weighted by atomic mass is 32.1. The fourth-order valence-electron chi connectivity index (χ4n) is 1.82. The second kappa shape index (κ2) is 5.93. The average Bonchev–Trinajstić information content (AvgIpc) is 2.39. The molecule has 0 aliphatic carbocycles. The first kappa shape index (κ1) is 13.0. The maximum Gasteiger partial charge on any atom is 0.283 e. The Morgan fingerprint density at radius 3 is 2.78 bits per heavy atom. The Bertz CT molecular complexity index is 456. The van der Waals surface area contributed by atoms with Crippen LogP contribution in [0.15, 0.2) is 24.3 Å². The first-order valence-corrected chi connectivity index (χ1v) is 6.32. The van der Waals surface area contributed by atoms with Crippen LogP contribution in [0.25, 0.3) is 0 Å². The molecule has 0 saturated carbocycles. The summed E-state index contributed by atoms with van der Waals surface area (Å²) in [6, 6.07) is 7.66. The number of nitrogens with zero attached hydrogens (tertiary/aromatic N) is 1. The summed E-state index contributed by atoms with van der Waals surface area (Å²) in [5, 5.41) is 2.82. The van der Waals surface area contributed by atoms with E-state index in [2.05, 4.69) is 5.32 Å². The van der Waals surface area contributed by atoms with Gasteiger partial charge in [0, 0.05) is 18.8 Å². The van der Waals surface area contributed by atoms with E-state index in [0.29, 0.717) is 31.3 Å². The van der Waals surface area contributed by atoms with E-state index >= 15 is 0 Å². The minimum absolute atomic E-state index is 0.225. The van der Waals surface area contributed by atoms with Crippen molar-refractivity contribution < 1.29 is 9.53 Å². The summed E-state index contributed by atoms with van der Waals surface area (Å²) in [4.78, 5) is 14.2. The van der Waals surface area contributed by atoms with Crippen molar-refractivity contribution in [3.63, 3.8) is 0 Å². The second-order valence-corrected chi connectivity index (χ2v) is 4.61. The number of carbonyl (C=O) groups is 1. The summed E-state index contributed by atoms with van der Waals surface area (Å²) in [5.74, 6) is -0.225. The highest BCUT2D eigenvalue weighted by Crippen LogP contribution is 2.10. The maximum absolute atomic E-state index is 12.0. The van der Waals surface area contributed by atoms with E-state index in [1.165, 1.54) is 0 Å². The molecule has 4 nitrogen and oxygen atoms in total. The Morgan fingerprint density at radius 2 is 2.11 bits per heavy atom. The molecule has 5 heteroatoms. The van der Waals surface area contributed by atoms with Crippen molar-refractivity contribution in [1.29, 1.82) is 0 Å². The SMILES string of the molecule is Cc1cccc(NC(=O)C(=S)N2CCOCC2)c1. The number of carbonyl (C=O) groups excluding carboxylic acids is 1. The van der Waals surface area contributed by atoms with Gasteiger partial charge in [0.1, 0.15) is 0 Å². The third-order valence-electron chi connectivity index (χ3n) is 2.77. The predicted octanol–water partition coefficient (Wildman–Crippen LogP) is 1.59. The molecule has 0 unspecified atom stereocenters. The topological polar surface area (TPSA) is 41.6 Å². The van der Waals surface area contributed by atoms with Crippen LogP contribution in [0.5, 0.6) is 0 Å². The molecule has 18 heavy (non-hydrogen) atoms. The molecule has 1 fully saturated rings. The zero-order valence-electron chi connectivity index (χ0n) is 10.3. The summed E-state index contributed by atoms with van der Waals surface area (Å²) in [6.07, 6.45) is 0. The van der Waals surface area contributed by atoms with Gasteiger partial charge in [0.05, 0.1) is 13.2 Å². The Labute approximate surface area is 112 Å². The zero-order chi connectivity index (χ0) is 13.0. The van der Waals surface area contributed by atoms with E-state index in [0.717, 1.165) is 11.3 Å². The average molecular weight is 264 g/mol. The molecule has 0 bridgehead atoms. The fourth-order valence-corrected chi connectivity index (χ4v) is 2.05. The number of nitrogens with one attached hydrogen (secondary N) is 1. The van der Waals surface area contributed by atoms with Crippen LogP contribution >= 0.6 is 12.2 Å². The number of aryl methyl sites for hydroxylation is 1. The summed E-state index contributed by atoms with van der Waals surface area (Å²) in [7, 11) is 0. The summed E-state index contributed by atoms with van der Waals surface area (Å²) in [5.41, 5.74) is 1.88. The molecule has 0 spiro atoms. The Kier molecular flexibility index (Phi) is 4.28. The van der Waals surface area contributed by atoms with Crippen molar-refractivity contribution in [2.24, 2.45) is 0 Å². The summed E-state index contributed by atoms with van der Waals surface area (Å²) in [6.45, 7) is 4.59. The molecule has 1 aromatic rings. The van der Waals surface area contributed by atoms with E-state index in [-0.39, 0.29) is 5.91 Å². The molecule has 2 rings (SSSR count). The minimum atomic E-state index is -0.225. The molecule has 1 aliphatic heterocycles. The largest absolute Gasteiger partial charge is 0.378 e. The van der Waals surface area contributed by atoms with Crippen LogP contribution in [0.1, 0.15) is 5.56 Å². The lowest BCUT2D eigenvalue weighted by Gasteiger charge is -2.28. The Balaban J connectivity index is 1.96. The molecule has 1 saturated heterocycles. The highest BCUT2D eigenvalue weighted by Gasteiger charge is 2.19. The van der Waals surface area contributed by atoms with Gasteiger partial charge in [-0.2, -0.15) is 0 Å². The van der Waals surface area contributed by atoms with Crippen LogP contribution < -0.4 is 5.32 Å². The molecule has 1 heterocycles. The smallest absolute Gasteiger partial charge is 0.283 e. The molecule has 0 aromatic heterocycles.